The van der Waals surface area contributed by atoms with Gasteiger partial charge in [-0.05, 0) is 42.3 Å². The average molecular weight is 489 g/mol. The molecule has 1 amide bonds. The molecule has 0 radical (unpaired) electrons. The molecule has 11 heteroatoms. The molecule has 0 saturated heterocycles. The summed E-state index contributed by atoms with van der Waals surface area (Å²) >= 11 is 0. The van der Waals surface area contributed by atoms with E-state index in [0.29, 0.717) is 17.1 Å². The Kier molecular flexibility index (Phi) is 7.07. The largest absolute Gasteiger partial charge is 0.382 e. The van der Waals surface area contributed by atoms with Crippen LogP contribution < -0.4 is 16.4 Å². The third-order valence-electron chi connectivity index (χ3n) is 5.69. The summed E-state index contributed by atoms with van der Waals surface area (Å²) < 4.78 is 27.0. The van der Waals surface area contributed by atoms with E-state index >= 15 is 0 Å². The molecule has 1 aliphatic heterocycles. The zero-order valence-electron chi connectivity index (χ0n) is 19.2. The summed E-state index contributed by atoms with van der Waals surface area (Å²) in [5.41, 5.74) is 6.95. The summed E-state index contributed by atoms with van der Waals surface area (Å²) in [7, 11) is 0. The van der Waals surface area contributed by atoms with E-state index < -0.39 is 29.2 Å². The molecule has 0 fully saturated rings. The minimum Gasteiger partial charge on any atom is -0.382 e. The number of anilines is 1. The van der Waals surface area contributed by atoms with Gasteiger partial charge in [-0.1, -0.05) is 30.3 Å². The zero-order valence-corrected chi connectivity index (χ0v) is 19.2. The monoisotopic (exact) mass is 488 g/mol. The normalized spacial score (nSPS) is 17.7. The Morgan fingerprint density at radius 2 is 1.92 bits per heavy atom. The Hall–Kier alpha value is -4.56. The topological polar surface area (TPSA) is 141 Å². The molecule has 2 heterocycles. The fourth-order valence-corrected chi connectivity index (χ4v) is 3.55. The number of aromatic nitrogens is 2. The number of nitriles is 1. The second kappa shape index (κ2) is 10.4. The van der Waals surface area contributed by atoms with Crippen molar-refractivity contribution in [1.29, 1.82) is 5.26 Å². The number of amides is 1. The second-order valence-electron chi connectivity index (χ2n) is 8.19. The van der Waals surface area contributed by atoms with E-state index in [1.165, 1.54) is 12.3 Å². The molecule has 4 N–H and O–H groups in total. The number of carbonyl (C=O) groups is 1. The minimum absolute atomic E-state index is 0.0999. The van der Waals surface area contributed by atoms with Crippen molar-refractivity contribution in [2.75, 3.05) is 12.3 Å². The van der Waals surface area contributed by atoms with Gasteiger partial charge in [0.2, 0.25) is 5.66 Å². The molecule has 36 heavy (non-hydrogen) atoms. The number of nitrogens with zero attached hydrogens (tertiary/aromatic N) is 5. The first kappa shape index (κ1) is 24.6. The van der Waals surface area contributed by atoms with Gasteiger partial charge in [0.15, 0.2) is 17.3 Å². The van der Waals surface area contributed by atoms with Crippen molar-refractivity contribution in [1.82, 2.24) is 20.8 Å². The summed E-state index contributed by atoms with van der Waals surface area (Å²) in [5.74, 6) is -2.17. The number of rotatable bonds is 7. The molecule has 0 bridgehead atoms. The van der Waals surface area contributed by atoms with Gasteiger partial charge in [-0.15, -0.1) is 10.2 Å². The number of carbonyl (C=O) groups excluding carboxylic acids is 1. The average Bonchev–Trinajstić information content (AvgIpc) is 2.90. The lowest BCUT2D eigenvalue weighted by molar-refractivity contribution is -0.127. The van der Waals surface area contributed by atoms with Crippen molar-refractivity contribution >= 4 is 23.7 Å². The predicted octanol–water partition coefficient (Wildman–Crippen LogP) is 2.72. The lowest BCUT2D eigenvalue weighted by Gasteiger charge is -2.31. The molecule has 9 nitrogen and oxygen atoms in total. The van der Waals surface area contributed by atoms with Gasteiger partial charge in [0.1, 0.15) is 11.9 Å². The lowest BCUT2D eigenvalue weighted by Crippen LogP contribution is -2.59. The van der Waals surface area contributed by atoms with E-state index in [0.717, 1.165) is 23.3 Å². The van der Waals surface area contributed by atoms with Crippen LogP contribution in [0.3, 0.4) is 0 Å². The standard InChI is InChI=1S/C25H22F2N8O/c1-15(18-6-7-20(26)21(27)10-18)33-24(36)25(14-30-19(11-28)13-32-25)31-12-16-2-4-17(5-3-16)22-8-9-23(29)35-34-22/h2-10,13,15,31H,12,14H2,1H3,(H2,29,35)(H,33,36)/t15?,25-/m0/s1. The summed E-state index contributed by atoms with van der Waals surface area (Å²) in [5, 5.41) is 22.9. The Morgan fingerprint density at radius 1 is 1.14 bits per heavy atom. The summed E-state index contributed by atoms with van der Waals surface area (Å²) in [6.45, 7) is 1.80. The molecule has 4 rings (SSSR count). The van der Waals surface area contributed by atoms with Crippen molar-refractivity contribution in [3.05, 3.63) is 77.4 Å². The maximum absolute atomic E-state index is 13.7. The first-order chi connectivity index (χ1) is 17.3. The molecular formula is C25H22F2N8O. The van der Waals surface area contributed by atoms with E-state index in [9.17, 15) is 13.6 Å². The van der Waals surface area contributed by atoms with Crippen LogP contribution in [0.15, 0.2) is 64.6 Å². The van der Waals surface area contributed by atoms with Gasteiger partial charge in [-0.25, -0.2) is 8.78 Å². The molecule has 3 aromatic rings. The molecule has 2 atom stereocenters. The molecule has 1 aromatic heterocycles. The van der Waals surface area contributed by atoms with E-state index in [1.54, 1.807) is 19.1 Å². The molecule has 2 aromatic carbocycles. The van der Waals surface area contributed by atoms with Gasteiger partial charge in [0, 0.05) is 12.1 Å². The molecule has 182 valence electrons. The molecule has 0 spiro atoms. The van der Waals surface area contributed by atoms with E-state index in [2.05, 4.69) is 30.8 Å². The number of hydrogen-bond donors (Lipinski definition) is 3. The van der Waals surface area contributed by atoms with Crippen LogP contribution in [0, 0.1) is 23.0 Å². The van der Waals surface area contributed by atoms with Gasteiger partial charge >= 0.3 is 0 Å². The van der Waals surface area contributed by atoms with E-state index in [1.807, 2.05) is 30.3 Å². The van der Waals surface area contributed by atoms with Crippen LogP contribution in [0.4, 0.5) is 14.6 Å². The van der Waals surface area contributed by atoms with Crippen molar-refractivity contribution in [2.45, 2.75) is 25.2 Å². The van der Waals surface area contributed by atoms with Gasteiger partial charge in [0.25, 0.3) is 5.91 Å². The second-order valence-corrected chi connectivity index (χ2v) is 8.19. The van der Waals surface area contributed by atoms with Crippen molar-refractivity contribution < 1.29 is 13.6 Å². The van der Waals surface area contributed by atoms with Gasteiger partial charge in [-0.2, -0.15) is 5.26 Å². The Labute approximate surface area is 205 Å². The number of aliphatic imine (C=N–C) groups is 2. The van der Waals surface area contributed by atoms with Gasteiger partial charge in [-0.3, -0.25) is 20.1 Å². The van der Waals surface area contributed by atoms with Crippen molar-refractivity contribution in [3.8, 4) is 17.3 Å². The van der Waals surface area contributed by atoms with Crippen LogP contribution in [-0.4, -0.2) is 40.2 Å². The Balaban J connectivity index is 1.49. The third-order valence-corrected chi connectivity index (χ3v) is 5.69. The van der Waals surface area contributed by atoms with Crippen LogP contribution in [0.25, 0.3) is 11.3 Å². The molecule has 1 aliphatic rings. The van der Waals surface area contributed by atoms with Crippen molar-refractivity contribution in [2.24, 2.45) is 9.98 Å². The van der Waals surface area contributed by atoms with Crippen LogP contribution in [0.1, 0.15) is 24.1 Å². The fraction of sp³-hybridized carbons (Fsp3) is 0.200. The highest BCUT2D eigenvalue weighted by Crippen LogP contribution is 2.21. The van der Waals surface area contributed by atoms with Gasteiger partial charge < -0.3 is 11.1 Å². The summed E-state index contributed by atoms with van der Waals surface area (Å²) in [6, 6.07) is 15.6. The zero-order chi connectivity index (χ0) is 25.7. The van der Waals surface area contributed by atoms with E-state index in [4.69, 9.17) is 11.0 Å². The van der Waals surface area contributed by atoms with Crippen LogP contribution in [0.2, 0.25) is 0 Å². The number of nitrogen functional groups attached to an aromatic ring is 1. The van der Waals surface area contributed by atoms with Crippen molar-refractivity contribution in [3.63, 3.8) is 0 Å². The lowest BCUT2D eigenvalue weighted by atomic mass is 10.0. The first-order valence-electron chi connectivity index (χ1n) is 11.0. The Bertz CT molecular complexity index is 1370. The maximum atomic E-state index is 13.7. The van der Waals surface area contributed by atoms with Crippen LogP contribution in [0.5, 0.6) is 0 Å². The first-order valence-corrected chi connectivity index (χ1v) is 11.0. The summed E-state index contributed by atoms with van der Waals surface area (Å²) in [6.07, 6.45) is 1.24. The highest BCUT2D eigenvalue weighted by Gasteiger charge is 2.39. The fourth-order valence-electron chi connectivity index (χ4n) is 3.55. The highest BCUT2D eigenvalue weighted by molar-refractivity contribution is 6.38. The minimum atomic E-state index is -1.49. The molecular weight excluding hydrogens is 466 g/mol. The highest BCUT2D eigenvalue weighted by atomic mass is 19.2. The maximum Gasteiger partial charge on any atom is 0.265 e. The number of halogens is 2. The number of hydrogen-bond acceptors (Lipinski definition) is 8. The van der Waals surface area contributed by atoms with Crippen LogP contribution in [-0.2, 0) is 11.3 Å². The smallest absolute Gasteiger partial charge is 0.265 e. The van der Waals surface area contributed by atoms with Crippen LogP contribution >= 0.6 is 0 Å². The summed E-state index contributed by atoms with van der Waals surface area (Å²) in [4.78, 5) is 21.8. The quantitative estimate of drug-likeness (QED) is 0.467. The molecule has 0 aliphatic carbocycles. The SMILES string of the molecule is CC(NC(=O)[C@]1(NCc2ccc(-c3ccc(N)nn3)cc2)CN=C(C#N)C=N1)c1ccc(F)c(F)c1. The van der Waals surface area contributed by atoms with E-state index in [-0.39, 0.29) is 18.8 Å². The number of nitrogens with one attached hydrogen (secondary N) is 2. The van der Waals surface area contributed by atoms with Gasteiger partial charge in [0.05, 0.1) is 24.5 Å². The predicted molar refractivity (Wildman–Crippen MR) is 131 cm³/mol. The molecule has 1 unspecified atom stereocenters. The third kappa shape index (κ3) is 5.39. The Morgan fingerprint density at radius 3 is 2.53 bits per heavy atom. The number of benzene rings is 2. The molecule has 0 saturated carbocycles. The number of nitrogens with two attached hydrogens (primary N) is 1.